The third-order valence-corrected chi connectivity index (χ3v) is 3.75. The molecule has 0 fully saturated rings. The first-order valence-electron chi connectivity index (χ1n) is 8.04. The molecule has 21 heavy (non-hydrogen) atoms. The molecule has 1 heterocycles. The van der Waals surface area contributed by atoms with Crippen LogP contribution in [-0.4, -0.2) is 28.7 Å². The topological polar surface area (TPSA) is 59.1 Å². The Balaban J connectivity index is 2.94. The van der Waals surface area contributed by atoms with Gasteiger partial charge in [0.2, 0.25) is 0 Å². The zero-order chi connectivity index (χ0) is 15.7. The number of hydrogen-bond acceptors (Lipinski definition) is 5. The Bertz CT molecular complexity index is 392. The maximum atomic E-state index is 5.44. The van der Waals surface area contributed by atoms with Gasteiger partial charge in [0.15, 0.2) is 5.82 Å². The van der Waals surface area contributed by atoms with Gasteiger partial charge in [0.1, 0.15) is 18.2 Å². The number of rotatable bonds is 10. The number of anilines is 2. The van der Waals surface area contributed by atoms with E-state index < -0.39 is 0 Å². The van der Waals surface area contributed by atoms with Crippen molar-refractivity contribution >= 4 is 11.6 Å². The normalized spacial score (nSPS) is 11.5. The quantitative estimate of drug-likeness (QED) is 0.687. The van der Waals surface area contributed by atoms with E-state index in [-0.39, 0.29) is 5.54 Å². The summed E-state index contributed by atoms with van der Waals surface area (Å²) >= 11 is 0. The van der Waals surface area contributed by atoms with E-state index in [2.05, 4.69) is 48.3 Å². The summed E-state index contributed by atoms with van der Waals surface area (Å²) < 4.78 is 5.44. The van der Waals surface area contributed by atoms with E-state index in [4.69, 9.17) is 4.74 Å². The molecular weight excluding hydrogens is 264 g/mol. The lowest BCUT2D eigenvalue weighted by molar-refractivity contribution is 0.128. The van der Waals surface area contributed by atoms with E-state index >= 15 is 0 Å². The summed E-state index contributed by atoms with van der Waals surface area (Å²) in [6.07, 6.45) is 3.16. The largest absolute Gasteiger partial charge is 0.374 e. The Morgan fingerprint density at radius 3 is 2.33 bits per heavy atom. The smallest absolute Gasteiger partial charge is 0.158 e. The molecule has 0 aliphatic carbocycles. The van der Waals surface area contributed by atoms with Gasteiger partial charge in [-0.1, -0.05) is 20.8 Å². The van der Waals surface area contributed by atoms with E-state index in [1.165, 1.54) is 0 Å². The van der Waals surface area contributed by atoms with E-state index in [1.807, 2.05) is 13.0 Å². The van der Waals surface area contributed by atoms with Gasteiger partial charge in [-0.05, 0) is 33.1 Å². The lowest BCUT2D eigenvalue weighted by Crippen LogP contribution is -2.33. The number of ether oxygens (including phenoxy) is 1. The first-order chi connectivity index (χ1) is 10.1. The van der Waals surface area contributed by atoms with Gasteiger partial charge in [0.05, 0.1) is 0 Å². The molecule has 0 saturated heterocycles. The molecule has 0 aromatic carbocycles. The third-order valence-electron chi connectivity index (χ3n) is 3.75. The highest BCUT2D eigenvalue weighted by atomic mass is 16.5. The SMILES string of the molecule is CCCNc1cc(NC(C)(CC)CC)nc(COCC)n1. The highest BCUT2D eigenvalue weighted by Gasteiger charge is 2.20. The minimum atomic E-state index is 0.0548. The van der Waals surface area contributed by atoms with Crippen LogP contribution in [0, 0.1) is 0 Å². The van der Waals surface area contributed by atoms with Crippen LogP contribution in [-0.2, 0) is 11.3 Å². The Morgan fingerprint density at radius 2 is 1.76 bits per heavy atom. The molecule has 120 valence electrons. The molecule has 2 N–H and O–H groups in total. The number of hydrogen-bond donors (Lipinski definition) is 2. The molecule has 0 aliphatic heterocycles. The molecule has 0 amide bonds. The van der Waals surface area contributed by atoms with Crippen LogP contribution in [0.4, 0.5) is 11.6 Å². The summed E-state index contributed by atoms with van der Waals surface area (Å²) in [6, 6.07) is 1.98. The molecule has 0 radical (unpaired) electrons. The van der Waals surface area contributed by atoms with E-state index in [0.29, 0.717) is 13.2 Å². The fourth-order valence-corrected chi connectivity index (χ4v) is 1.90. The van der Waals surface area contributed by atoms with Crippen molar-refractivity contribution in [3.8, 4) is 0 Å². The first kappa shape index (κ1) is 17.7. The number of nitrogens with zero attached hydrogens (tertiary/aromatic N) is 2. The molecule has 0 aliphatic rings. The van der Waals surface area contributed by atoms with Crippen molar-refractivity contribution in [3.63, 3.8) is 0 Å². The predicted molar refractivity (Wildman–Crippen MR) is 88.8 cm³/mol. The second-order valence-corrected chi connectivity index (χ2v) is 5.51. The summed E-state index contributed by atoms with van der Waals surface area (Å²) in [6.45, 7) is 12.7. The Labute approximate surface area is 128 Å². The minimum Gasteiger partial charge on any atom is -0.374 e. The summed E-state index contributed by atoms with van der Waals surface area (Å²) in [5, 5.41) is 6.87. The van der Waals surface area contributed by atoms with Crippen molar-refractivity contribution in [2.75, 3.05) is 23.8 Å². The van der Waals surface area contributed by atoms with Gasteiger partial charge in [-0.3, -0.25) is 0 Å². The summed E-state index contributed by atoms with van der Waals surface area (Å²) in [5.41, 5.74) is 0.0548. The van der Waals surface area contributed by atoms with Crippen LogP contribution < -0.4 is 10.6 Å². The van der Waals surface area contributed by atoms with Gasteiger partial charge in [-0.25, -0.2) is 9.97 Å². The Hall–Kier alpha value is -1.36. The monoisotopic (exact) mass is 294 g/mol. The zero-order valence-electron chi connectivity index (χ0n) is 14.1. The van der Waals surface area contributed by atoms with E-state index in [9.17, 15) is 0 Å². The number of aromatic nitrogens is 2. The van der Waals surface area contributed by atoms with E-state index in [0.717, 1.165) is 43.3 Å². The van der Waals surface area contributed by atoms with Gasteiger partial charge < -0.3 is 15.4 Å². The number of nitrogens with one attached hydrogen (secondary N) is 2. The maximum absolute atomic E-state index is 5.44. The van der Waals surface area contributed by atoms with Gasteiger partial charge in [-0.15, -0.1) is 0 Å². The molecule has 0 unspecified atom stereocenters. The average molecular weight is 294 g/mol. The van der Waals surface area contributed by atoms with Crippen LogP contribution in [0.25, 0.3) is 0 Å². The van der Waals surface area contributed by atoms with Crippen molar-refractivity contribution in [2.45, 2.75) is 66.0 Å². The minimum absolute atomic E-state index is 0.0548. The lowest BCUT2D eigenvalue weighted by atomic mass is 9.96. The predicted octanol–water partition coefficient (Wildman–Crippen LogP) is 3.83. The van der Waals surface area contributed by atoms with Crippen molar-refractivity contribution in [1.82, 2.24) is 9.97 Å². The second kappa shape index (κ2) is 8.82. The Morgan fingerprint density at radius 1 is 1.10 bits per heavy atom. The molecule has 0 saturated carbocycles. The van der Waals surface area contributed by atoms with Crippen LogP contribution in [0.3, 0.4) is 0 Å². The highest BCUT2D eigenvalue weighted by molar-refractivity contribution is 5.48. The fraction of sp³-hybridized carbons (Fsp3) is 0.750. The first-order valence-corrected chi connectivity index (χ1v) is 8.04. The van der Waals surface area contributed by atoms with Gasteiger partial charge >= 0.3 is 0 Å². The molecule has 0 spiro atoms. The maximum Gasteiger partial charge on any atom is 0.158 e. The average Bonchev–Trinajstić information content (AvgIpc) is 2.50. The Kier molecular flexibility index (Phi) is 7.43. The highest BCUT2D eigenvalue weighted by Crippen LogP contribution is 2.22. The van der Waals surface area contributed by atoms with Crippen molar-refractivity contribution in [2.24, 2.45) is 0 Å². The van der Waals surface area contributed by atoms with Crippen molar-refractivity contribution in [3.05, 3.63) is 11.9 Å². The summed E-state index contributed by atoms with van der Waals surface area (Å²) in [7, 11) is 0. The molecule has 0 bridgehead atoms. The van der Waals surface area contributed by atoms with Gasteiger partial charge in [-0.2, -0.15) is 0 Å². The molecule has 1 rings (SSSR count). The third kappa shape index (κ3) is 5.87. The molecular formula is C16H30N4O. The van der Waals surface area contributed by atoms with Crippen LogP contribution >= 0.6 is 0 Å². The van der Waals surface area contributed by atoms with Gasteiger partial charge in [0.25, 0.3) is 0 Å². The fourth-order valence-electron chi connectivity index (χ4n) is 1.90. The summed E-state index contributed by atoms with van der Waals surface area (Å²) in [4.78, 5) is 9.08. The second-order valence-electron chi connectivity index (χ2n) is 5.51. The molecule has 1 aromatic heterocycles. The molecule has 5 nitrogen and oxygen atoms in total. The standard InChI is InChI=1S/C16H30N4O/c1-6-10-17-13-11-14(20-16(5,7-2)8-3)19-15(18-13)12-21-9-4/h11H,6-10,12H2,1-5H3,(H2,17,18,19,20). The zero-order valence-corrected chi connectivity index (χ0v) is 14.1. The van der Waals surface area contributed by atoms with Crippen molar-refractivity contribution < 1.29 is 4.74 Å². The molecule has 1 aromatic rings. The van der Waals surface area contributed by atoms with Crippen LogP contribution in [0.2, 0.25) is 0 Å². The summed E-state index contributed by atoms with van der Waals surface area (Å²) in [5.74, 6) is 2.44. The van der Waals surface area contributed by atoms with Crippen LogP contribution in [0.5, 0.6) is 0 Å². The lowest BCUT2D eigenvalue weighted by Gasteiger charge is -2.29. The molecule has 5 heteroatoms. The molecule has 0 atom stereocenters. The van der Waals surface area contributed by atoms with Crippen LogP contribution in [0.15, 0.2) is 6.07 Å². The van der Waals surface area contributed by atoms with E-state index in [1.54, 1.807) is 0 Å². The van der Waals surface area contributed by atoms with Gasteiger partial charge in [0, 0.05) is 24.8 Å². The van der Waals surface area contributed by atoms with Crippen LogP contribution in [0.1, 0.15) is 59.7 Å². The van der Waals surface area contributed by atoms with Crippen molar-refractivity contribution in [1.29, 1.82) is 0 Å².